The van der Waals surface area contributed by atoms with E-state index in [-0.39, 0.29) is 0 Å². The SMILES string of the molecule is CCC(CC)c1c(CN)nnn1-c1nnc(C)s1. The first kappa shape index (κ1) is 13.1. The van der Waals surface area contributed by atoms with Crippen LogP contribution in [0.1, 0.15) is 49.0 Å². The third-order valence-corrected chi connectivity index (χ3v) is 3.86. The maximum absolute atomic E-state index is 5.75. The summed E-state index contributed by atoms with van der Waals surface area (Å²) < 4.78 is 1.80. The zero-order chi connectivity index (χ0) is 13.1. The molecule has 0 atom stereocenters. The monoisotopic (exact) mass is 266 g/mol. The van der Waals surface area contributed by atoms with E-state index in [1.54, 1.807) is 4.68 Å². The molecule has 2 aromatic heterocycles. The molecular formula is C11H18N6S. The van der Waals surface area contributed by atoms with E-state index in [2.05, 4.69) is 34.4 Å². The van der Waals surface area contributed by atoms with Crippen LogP contribution in [0.15, 0.2) is 0 Å². The molecule has 0 bridgehead atoms. The second-order valence-corrected chi connectivity index (χ2v) is 5.31. The van der Waals surface area contributed by atoms with Gasteiger partial charge in [0.25, 0.3) is 0 Å². The Kier molecular flexibility index (Phi) is 4.03. The smallest absolute Gasteiger partial charge is 0.234 e. The second kappa shape index (κ2) is 5.53. The molecule has 6 nitrogen and oxygen atoms in total. The quantitative estimate of drug-likeness (QED) is 0.892. The zero-order valence-corrected chi connectivity index (χ0v) is 11.7. The molecule has 2 rings (SSSR count). The van der Waals surface area contributed by atoms with Gasteiger partial charge in [-0.2, -0.15) is 4.68 Å². The van der Waals surface area contributed by atoms with Crippen LogP contribution in [0.4, 0.5) is 0 Å². The van der Waals surface area contributed by atoms with Gasteiger partial charge in [0.1, 0.15) is 10.7 Å². The minimum Gasteiger partial charge on any atom is -0.325 e. The lowest BCUT2D eigenvalue weighted by molar-refractivity contribution is 0.588. The van der Waals surface area contributed by atoms with Crippen molar-refractivity contribution in [1.29, 1.82) is 0 Å². The second-order valence-electron chi connectivity index (χ2n) is 4.15. The van der Waals surface area contributed by atoms with Crippen molar-refractivity contribution in [3.8, 4) is 5.13 Å². The molecule has 0 unspecified atom stereocenters. The molecule has 18 heavy (non-hydrogen) atoms. The normalized spacial score (nSPS) is 11.4. The van der Waals surface area contributed by atoms with Crippen molar-refractivity contribution in [3.05, 3.63) is 16.4 Å². The summed E-state index contributed by atoms with van der Waals surface area (Å²) in [6.07, 6.45) is 2.07. The Labute approximate surface area is 110 Å². The molecule has 0 aliphatic heterocycles. The van der Waals surface area contributed by atoms with Crippen LogP contribution in [0.25, 0.3) is 5.13 Å². The predicted octanol–water partition coefficient (Wildman–Crippen LogP) is 1.79. The number of hydrogen-bond donors (Lipinski definition) is 1. The molecule has 0 aliphatic carbocycles. The number of aromatic nitrogens is 5. The number of hydrogen-bond acceptors (Lipinski definition) is 6. The van der Waals surface area contributed by atoms with Gasteiger partial charge in [-0.15, -0.1) is 15.3 Å². The number of nitrogens with two attached hydrogens (primary N) is 1. The fourth-order valence-corrected chi connectivity index (χ4v) is 2.71. The molecule has 2 heterocycles. The first-order valence-corrected chi connectivity index (χ1v) is 6.97. The Morgan fingerprint density at radius 1 is 1.22 bits per heavy atom. The zero-order valence-electron chi connectivity index (χ0n) is 10.9. The van der Waals surface area contributed by atoms with Crippen LogP contribution in [-0.4, -0.2) is 25.2 Å². The molecule has 2 aromatic rings. The van der Waals surface area contributed by atoms with E-state index in [0.717, 1.165) is 34.4 Å². The third kappa shape index (κ3) is 2.28. The highest BCUT2D eigenvalue weighted by molar-refractivity contribution is 7.13. The van der Waals surface area contributed by atoms with Crippen molar-refractivity contribution in [2.45, 2.75) is 46.1 Å². The van der Waals surface area contributed by atoms with Gasteiger partial charge in [-0.1, -0.05) is 30.4 Å². The summed E-state index contributed by atoms with van der Waals surface area (Å²) in [7, 11) is 0. The Morgan fingerprint density at radius 3 is 2.44 bits per heavy atom. The summed E-state index contributed by atoms with van der Waals surface area (Å²) in [5.41, 5.74) is 7.69. The molecule has 2 N–H and O–H groups in total. The lowest BCUT2D eigenvalue weighted by Crippen LogP contribution is -2.10. The standard InChI is InChI=1S/C11H18N6S/c1-4-8(5-2)10-9(6-12)14-16-17(10)11-15-13-7(3)18-11/h8H,4-6,12H2,1-3H3. The van der Waals surface area contributed by atoms with Gasteiger partial charge in [-0.3, -0.25) is 0 Å². The Hall–Kier alpha value is -1.34. The van der Waals surface area contributed by atoms with E-state index in [9.17, 15) is 0 Å². The van der Waals surface area contributed by atoms with Crippen LogP contribution in [0, 0.1) is 6.92 Å². The van der Waals surface area contributed by atoms with Crippen molar-refractivity contribution < 1.29 is 0 Å². The maximum atomic E-state index is 5.75. The first-order valence-electron chi connectivity index (χ1n) is 6.16. The van der Waals surface area contributed by atoms with Crippen molar-refractivity contribution >= 4 is 11.3 Å². The minimum atomic E-state index is 0.405. The topological polar surface area (TPSA) is 82.5 Å². The van der Waals surface area contributed by atoms with E-state index in [0.29, 0.717) is 12.5 Å². The van der Waals surface area contributed by atoms with Gasteiger partial charge >= 0.3 is 0 Å². The molecule has 98 valence electrons. The molecule has 0 aliphatic rings. The van der Waals surface area contributed by atoms with Gasteiger partial charge in [-0.25, -0.2) is 0 Å². The lowest BCUT2D eigenvalue weighted by atomic mass is 9.97. The van der Waals surface area contributed by atoms with Crippen LogP contribution in [0.2, 0.25) is 0 Å². The summed E-state index contributed by atoms with van der Waals surface area (Å²) in [6, 6.07) is 0. The molecule has 0 amide bonds. The molecule has 0 fully saturated rings. The first-order chi connectivity index (χ1) is 8.71. The van der Waals surface area contributed by atoms with E-state index < -0.39 is 0 Å². The minimum absolute atomic E-state index is 0.405. The Morgan fingerprint density at radius 2 is 1.94 bits per heavy atom. The van der Waals surface area contributed by atoms with Gasteiger partial charge in [0.05, 0.1) is 5.69 Å². The Balaban J connectivity index is 2.51. The van der Waals surface area contributed by atoms with Gasteiger partial charge in [0, 0.05) is 12.5 Å². The fraction of sp³-hybridized carbons (Fsp3) is 0.636. The van der Waals surface area contributed by atoms with Crippen molar-refractivity contribution in [3.63, 3.8) is 0 Å². The molecule has 0 saturated heterocycles. The molecular weight excluding hydrogens is 248 g/mol. The van der Waals surface area contributed by atoms with E-state index in [1.165, 1.54) is 11.3 Å². The number of rotatable bonds is 5. The van der Waals surface area contributed by atoms with E-state index in [4.69, 9.17) is 5.73 Å². The van der Waals surface area contributed by atoms with Crippen LogP contribution >= 0.6 is 11.3 Å². The van der Waals surface area contributed by atoms with Crippen LogP contribution in [0.3, 0.4) is 0 Å². The van der Waals surface area contributed by atoms with Crippen molar-refractivity contribution in [1.82, 2.24) is 25.2 Å². The predicted molar refractivity (Wildman–Crippen MR) is 70.8 cm³/mol. The molecule has 0 saturated carbocycles. The average molecular weight is 266 g/mol. The van der Waals surface area contributed by atoms with Crippen LogP contribution in [0.5, 0.6) is 0 Å². The number of nitrogens with zero attached hydrogens (tertiary/aromatic N) is 5. The van der Waals surface area contributed by atoms with Crippen LogP contribution < -0.4 is 5.73 Å². The molecule has 7 heteroatoms. The highest BCUT2D eigenvalue weighted by atomic mass is 32.1. The summed E-state index contributed by atoms with van der Waals surface area (Å²) in [4.78, 5) is 0. The lowest BCUT2D eigenvalue weighted by Gasteiger charge is -2.13. The van der Waals surface area contributed by atoms with Gasteiger partial charge < -0.3 is 5.73 Å². The summed E-state index contributed by atoms with van der Waals surface area (Å²) in [5, 5.41) is 18.2. The highest BCUT2D eigenvalue weighted by Gasteiger charge is 2.21. The highest BCUT2D eigenvalue weighted by Crippen LogP contribution is 2.28. The third-order valence-electron chi connectivity index (χ3n) is 3.04. The maximum Gasteiger partial charge on any atom is 0.234 e. The molecule has 0 radical (unpaired) electrons. The fourth-order valence-electron chi connectivity index (χ4n) is 2.06. The van der Waals surface area contributed by atoms with Crippen molar-refractivity contribution in [2.75, 3.05) is 0 Å². The molecule has 0 spiro atoms. The Bertz CT molecular complexity index is 513. The van der Waals surface area contributed by atoms with Gasteiger partial charge in [0.15, 0.2) is 0 Å². The summed E-state index contributed by atoms with van der Waals surface area (Å²) >= 11 is 1.51. The van der Waals surface area contributed by atoms with E-state index in [1.807, 2.05) is 6.92 Å². The summed E-state index contributed by atoms with van der Waals surface area (Å²) in [5.74, 6) is 0.405. The van der Waals surface area contributed by atoms with Gasteiger partial charge in [-0.05, 0) is 19.8 Å². The summed E-state index contributed by atoms with van der Waals surface area (Å²) in [6.45, 7) is 6.66. The van der Waals surface area contributed by atoms with Crippen LogP contribution in [-0.2, 0) is 6.54 Å². The average Bonchev–Trinajstić information content (AvgIpc) is 2.97. The van der Waals surface area contributed by atoms with Crippen molar-refractivity contribution in [2.24, 2.45) is 5.73 Å². The largest absolute Gasteiger partial charge is 0.325 e. The van der Waals surface area contributed by atoms with E-state index >= 15 is 0 Å². The molecule has 0 aromatic carbocycles. The van der Waals surface area contributed by atoms with Gasteiger partial charge in [0.2, 0.25) is 5.13 Å². The number of aryl methyl sites for hydroxylation is 1.